The molecule has 3 heteroatoms. The number of aliphatic hydroxyl groups is 1. The minimum atomic E-state index is -0.286. The lowest BCUT2D eigenvalue weighted by atomic mass is 9.71. The van der Waals surface area contributed by atoms with Crippen LogP contribution in [0.25, 0.3) is 0 Å². The zero-order valence-corrected chi connectivity index (χ0v) is 11.9. The molecule has 3 nitrogen and oxygen atoms in total. The van der Waals surface area contributed by atoms with Gasteiger partial charge in [0.2, 0.25) is 0 Å². The highest BCUT2D eigenvalue weighted by Gasteiger charge is 2.63. The van der Waals surface area contributed by atoms with Gasteiger partial charge < -0.3 is 9.84 Å². The topological polar surface area (TPSA) is 46.5 Å². The quantitative estimate of drug-likeness (QED) is 0.629. The molecular formula is C16H24O3. The van der Waals surface area contributed by atoms with Crippen LogP contribution < -0.4 is 0 Å². The Morgan fingerprint density at radius 1 is 1.37 bits per heavy atom. The van der Waals surface area contributed by atoms with E-state index in [-0.39, 0.29) is 17.7 Å². The number of rotatable bonds is 3. The van der Waals surface area contributed by atoms with Crippen LogP contribution in [-0.4, -0.2) is 22.8 Å². The third-order valence-electron chi connectivity index (χ3n) is 5.84. The highest BCUT2D eigenvalue weighted by Crippen LogP contribution is 2.64. The smallest absolute Gasteiger partial charge is 0.333 e. The molecule has 3 rings (SSSR count). The van der Waals surface area contributed by atoms with Crippen LogP contribution in [0, 0.1) is 23.7 Å². The molecule has 6 atom stereocenters. The molecule has 3 aliphatic rings. The van der Waals surface area contributed by atoms with E-state index in [1.807, 2.05) is 0 Å². The van der Waals surface area contributed by atoms with E-state index in [0.29, 0.717) is 29.2 Å². The van der Waals surface area contributed by atoms with Crippen LogP contribution >= 0.6 is 0 Å². The Morgan fingerprint density at radius 2 is 2.05 bits per heavy atom. The number of hydrogen-bond acceptors (Lipinski definition) is 3. The molecule has 106 valence electrons. The third kappa shape index (κ3) is 1.85. The van der Waals surface area contributed by atoms with Gasteiger partial charge in [0.05, 0.1) is 6.10 Å². The van der Waals surface area contributed by atoms with Crippen molar-refractivity contribution in [2.24, 2.45) is 23.7 Å². The molecule has 0 radical (unpaired) electrons. The second-order valence-corrected chi connectivity index (χ2v) is 6.85. The van der Waals surface area contributed by atoms with Gasteiger partial charge in [-0.15, -0.1) is 0 Å². The molecule has 19 heavy (non-hydrogen) atoms. The van der Waals surface area contributed by atoms with Gasteiger partial charge in [-0.2, -0.15) is 0 Å². The van der Waals surface area contributed by atoms with Crippen LogP contribution in [0.2, 0.25) is 0 Å². The van der Waals surface area contributed by atoms with Gasteiger partial charge in [-0.3, -0.25) is 0 Å². The summed E-state index contributed by atoms with van der Waals surface area (Å²) in [6.07, 6.45) is 4.77. The van der Waals surface area contributed by atoms with E-state index in [2.05, 4.69) is 13.5 Å². The van der Waals surface area contributed by atoms with Crippen molar-refractivity contribution in [2.75, 3.05) is 0 Å². The number of hydrogen-bond donors (Lipinski definition) is 1. The number of ether oxygens (including phenoxy) is 1. The van der Waals surface area contributed by atoms with Gasteiger partial charge in [0.15, 0.2) is 0 Å². The van der Waals surface area contributed by atoms with Crippen molar-refractivity contribution < 1.29 is 14.6 Å². The van der Waals surface area contributed by atoms with Crippen LogP contribution in [-0.2, 0) is 9.53 Å². The molecule has 0 saturated heterocycles. The van der Waals surface area contributed by atoms with Gasteiger partial charge in [-0.1, -0.05) is 13.5 Å². The maximum Gasteiger partial charge on any atom is 0.333 e. The molecule has 0 aliphatic heterocycles. The maximum absolute atomic E-state index is 11.9. The van der Waals surface area contributed by atoms with E-state index in [1.165, 1.54) is 6.42 Å². The van der Waals surface area contributed by atoms with Crippen molar-refractivity contribution in [1.82, 2.24) is 0 Å². The van der Waals surface area contributed by atoms with Crippen LogP contribution in [0.3, 0.4) is 0 Å². The minimum absolute atomic E-state index is 0.134. The van der Waals surface area contributed by atoms with E-state index in [1.54, 1.807) is 6.92 Å². The summed E-state index contributed by atoms with van der Waals surface area (Å²) >= 11 is 0. The second-order valence-electron chi connectivity index (χ2n) is 6.85. The fraction of sp³-hybridized carbons (Fsp3) is 0.812. The van der Waals surface area contributed by atoms with Crippen molar-refractivity contribution in [3.8, 4) is 0 Å². The van der Waals surface area contributed by atoms with Crippen LogP contribution in [0.1, 0.15) is 46.0 Å². The lowest BCUT2D eigenvalue weighted by Crippen LogP contribution is -2.44. The molecule has 0 heterocycles. The molecule has 1 N–H and O–H groups in total. The molecule has 3 aliphatic carbocycles. The van der Waals surface area contributed by atoms with Gasteiger partial charge in [-0.25, -0.2) is 4.79 Å². The first-order valence-electron chi connectivity index (χ1n) is 7.53. The Hall–Kier alpha value is -0.830. The molecular weight excluding hydrogens is 240 g/mol. The fourth-order valence-electron chi connectivity index (χ4n) is 5.06. The maximum atomic E-state index is 11.9. The predicted molar refractivity (Wildman–Crippen MR) is 72.4 cm³/mol. The Morgan fingerprint density at radius 3 is 2.68 bits per heavy atom. The third-order valence-corrected chi connectivity index (χ3v) is 5.84. The second kappa shape index (κ2) is 4.34. The number of esters is 1. The van der Waals surface area contributed by atoms with E-state index < -0.39 is 0 Å². The van der Waals surface area contributed by atoms with E-state index in [4.69, 9.17) is 4.74 Å². The van der Waals surface area contributed by atoms with Crippen LogP contribution in [0.4, 0.5) is 0 Å². The first-order chi connectivity index (χ1) is 8.97. The van der Waals surface area contributed by atoms with Gasteiger partial charge in [0.1, 0.15) is 5.60 Å². The summed E-state index contributed by atoms with van der Waals surface area (Å²) < 4.78 is 5.87. The Kier molecular flexibility index (Phi) is 3.01. The summed E-state index contributed by atoms with van der Waals surface area (Å²) in [5.74, 6) is 2.08. The Bertz CT molecular complexity index is 416. The Labute approximate surface area is 115 Å². The number of carbonyl (C=O) groups is 1. The lowest BCUT2D eigenvalue weighted by molar-refractivity contribution is -0.165. The average molecular weight is 264 g/mol. The van der Waals surface area contributed by atoms with Crippen molar-refractivity contribution >= 4 is 5.97 Å². The summed E-state index contributed by atoms with van der Waals surface area (Å²) in [5, 5.41) is 9.89. The number of carbonyl (C=O) groups excluding carboxylic acids is 1. The van der Waals surface area contributed by atoms with Crippen molar-refractivity contribution in [2.45, 2.75) is 57.7 Å². The number of fused-ring (bicyclic) bond motifs is 5. The Balaban J connectivity index is 1.81. The van der Waals surface area contributed by atoms with Crippen molar-refractivity contribution in [3.63, 3.8) is 0 Å². The molecule has 0 aromatic rings. The van der Waals surface area contributed by atoms with E-state index in [9.17, 15) is 9.90 Å². The molecule has 6 unspecified atom stereocenters. The predicted octanol–water partition coefficient (Wildman–Crippen LogP) is 2.68. The number of aliphatic hydroxyl groups excluding tert-OH is 1. The summed E-state index contributed by atoms with van der Waals surface area (Å²) in [4.78, 5) is 11.9. The molecule has 0 amide bonds. The summed E-state index contributed by atoms with van der Waals surface area (Å²) in [5.41, 5.74) is 0.199. The standard InChI is InChI=1S/C16H24O3/c1-4-16(19-15(18)9(2)3)8-10-5-14(16)13-7-11(17)6-12(10)13/h10-14,17H,2,4-8H2,1,3H3. The highest BCUT2D eigenvalue weighted by molar-refractivity contribution is 5.87. The van der Waals surface area contributed by atoms with Gasteiger partial charge in [0, 0.05) is 11.5 Å². The molecule has 0 aromatic carbocycles. The molecule has 0 aromatic heterocycles. The molecule has 3 fully saturated rings. The zero-order chi connectivity index (χ0) is 13.8. The monoisotopic (exact) mass is 264 g/mol. The van der Waals surface area contributed by atoms with Crippen LogP contribution in [0.5, 0.6) is 0 Å². The van der Waals surface area contributed by atoms with Crippen molar-refractivity contribution in [3.05, 3.63) is 12.2 Å². The normalized spacial score (nSPS) is 47.2. The van der Waals surface area contributed by atoms with Gasteiger partial charge in [0.25, 0.3) is 0 Å². The van der Waals surface area contributed by atoms with Crippen LogP contribution in [0.15, 0.2) is 12.2 Å². The SMILES string of the molecule is C=C(C)C(=O)OC1(CC)CC2CC1C1CC(O)CC21. The van der Waals surface area contributed by atoms with Gasteiger partial charge >= 0.3 is 5.97 Å². The first kappa shape index (κ1) is 13.2. The first-order valence-corrected chi connectivity index (χ1v) is 7.53. The molecule has 2 bridgehead atoms. The summed E-state index contributed by atoms with van der Waals surface area (Å²) in [6, 6.07) is 0. The minimum Gasteiger partial charge on any atom is -0.455 e. The fourth-order valence-corrected chi connectivity index (χ4v) is 5.06. The molecule has 0 spiro atoms. The van der Waals surface area contributed by atoms with Crippen molar-refractivity contribution in [1.29, 1.82) is 0 Å². The lowest BCUT2D eigenvalue weighted by Gasteiger charge is -2.41. The summed E-state index contributed by atoms with van der Waals surface area (Å²) in [6.45, 7) is 7.52. The molecule has 3 saturated carbocycles. The summed E-state index contributed by atoms with van der Waals surface area (Å²) in [7, 11) is 0. The highest BCUT2D eigenvalue weighted by atomic mass is 16.6. The van der Waals surface area contributed by atoms with E-state index in [0.717, 1.165) is 25.7 Å². The van der Waals surface area contributed by atoms with E-state index >= 15 is 0 Å². The largest absolute Gasteiger partial charge is 0.455 e. The average Bonchev–Trinajstić information content (AvgIpc) is 2.98. The van der Waals surface area contributed by atoms with Gasteiger partial charge in [-0.05, 0) is 56.8 Å². The zero-order valence-electron chi connectivity index (χ0n) is 11.9.